The maximum Gasteiger partial charge on any atom is 0.0985 e. The van der Waals surface area contributed by atoms with Crippen LogP contribution in [0, 0.1) is 5.92 Å². The number of hydrogen-bond donors (Lipinski definition) is 1. The van der Waals surface area contributed by atoms with E-state index in [1.165, 1.54) is 25.1 Å². The van der Waals surface area contributed by atoms with Crippen molar-refractivity contribution in [3.05, 3.63) is 0 Å². The van der Waals surface area contributed by atoms with Crippen LogP contribution >= 0.6 is 0 Å². The summed E-state index contributed by atoms with van der Waals surface area (Å²) in [5.41, 5.74) is 5.74. The summed E-state index contributed by atoms with van der Waals surface area (Å²) in [5, 5.41) is 0. The summed E-state index contributed by atoms with van der Waals surface area (Å²) in [6.07, 6.45) is 7.84. The highest BCUT2D eigenvalue weighted by molar-refractivity contribution is 6.15. The molecule has 2 aliphatic rings. The minimum absolute atomic E-state index is 0.453. The fraction of sp³-hybridized carbons (Fsp3) is 0.923. The molecule has 0 bridgehead atoms. The van der Waals surface area contributed by atoms with Gasteiger partial charge in [-0.25, -0.2) is 0 Å². The SMILES string of the molecule is [B]C1(N)CCCCC2C(CCC(=NC)N2C)C1. The fourth-order valence-corrected chi connectivity index (χ4v) is 3.53. The molecule has 2 N–H and O–H groups in total. The van der Waals surface area contributed by atoms with E-state index in [-0.39, 0.29) is 0 Å². The second-order valence-electron chi connectivity index (χ2n) is 5.80. The molecule has 1 aliphatic carbocycles. The molecule has 0 spiro atoms. The van der Waals surface area contributed by atoms with Crippen LogP contribution in [0.4, 0.5) is 0 Å². The Balaban J connectivity index is 2.13. The molecule has 3 atom stereocenters. The summed E-state index contributed by atoms with van der Waals surface area (Å²) in [6, 6.07) is 0.592. The number of nitrogens with two attached hydrogens (primary N) is 1. The van der Waals surface area contributed by atoms with Crippen LogP contribution in [0.5, 0.6) is 0 Å². The normalized spacial score (nSPS) is 41.8. The third-order valence-electron chi connectivity index (χ3n) is 4.48. The molecule has 1 heterocycles. The molecule has 0 amide bonds. The van der Waals surface area contributed by atoms with Crippen LogP contribution in [0.1, 0.15) is 44.9 Å². The summed E-state index contributed by atoms with van der Waals surface area (Å²) in [5.74, 6) is 1.88. The molecule has 2 rings (SSSR count). The lowest BCUT2D eigenvalue weighted by Gasteiger charge is -2.45. The summed E-state index contributed by atoms with van der Waals surface area (Å²) < 4.78 is 0. The Bertz CT molecular complexity index is 301. The molecule has 0 aromatic carbocycles. The quantitative estimate of drug-likeness (QED) is 0.644. The van der Waals surface area contributed by atoms with Gasteiger partial charge in [-0.3, -0.25) is 4.99 Å². The van der Waals surface area contributed by atoms with Gasteiger partial charge in [0.25, 0.3) is 0 Å². The monoisotopic (exact) mass is 233 g/mol. The Morgan fingerprint density at radius 2 is 2.18 bits per heavy atom. The van der Waals surface area contributed by atoms with Crippen LogP contribution in [0.3, 0.4) is 0 Å². The first-order valence-corrected chi connectivity index (χ1v) is 6.80. The Morgan fingerprint density at radius 3 is 2.88 bits per heavy atom. The maximum absolute atomic E-state index is 6.20. The van der Waals surface area contributed by atoms with E-state index >= 15 is 0 Å². The number of hydrogen-bond acceptors (Lipinski definition) is 2. The van der Waals surface area contributed by atoms with E-state index in [1.54, 1.807) is 0 Å². The Kier molecular flexibility index (Phi) is 3.81. The first-order chi connectivity index (χ1) is 8.03. The van der Waals surface area contributed by atoms with E-state index in [2.05, 4.69) is 16.9 Å². The van der Waals surface area contributed by atoms with Crippen LogP contribution < -0.4 is 5.73 Å². The standard InChI is InChI=1S/C13H24BN3/c1-16-12-7-6-10-9-13(14,15)8-4-3-5-11(10)17(12)2/h10-11H,3-9,15H2,1-2H3. The van der Waals surface area contributed by atoms with Crippen molar-refractivity contribution in [1.29, 1.82) is 0 Å². The van der Waals surface area contributed by atoms with Crippen molar-refractivity contribution >= 4 is 13.7 Å². The van der Waals surface area contributed by atoms with Gasteiger partial charge in [0.2, 0.25) is 0 Å². The van der Waals surface area contributed by atoms with Crippen LogP contribution in [0.25, 0.3) is 0 Å². The van der Waals surface area contributed by atoms with Gasteiger partial charge in [-0.15, -0.1) is 0 Å². The van der Waals surface area contributed by atoms with Crippen LogP contribution in [0.2, 0.25) is 0 Å². The summed E-state index contributed by atoms with van der Waals surface area (Å²) >= 11 is 0. The van der Waals surface area contributed by atoms with Gasteiger partial charge in [-0.05, 0) is 37.0 Å². The number of piperidine rings is 1. The van der Waals surface area contributed by atoms with E-state index in [9.17, 15) is 0 Å². The topological polar surface area (TPSA) is 41.6 Å². The van der Waals surface area contributed by atoms with Crippen molar-refractivity contribution in [2.24, 2.45) is 16.6 Å². The van der Waals surface area contributed by atoms with Crippen molar-refractivity contribution in [2.45, 2.75) is 56.4 Å². The van der Waals surface area contributed by atoms with Gasteiger partial charge < -0.3 is 10.6 Å². The summed E-state index contributed by atoms with van der Waals surface area (Å²) in [6.45, 7) is 0. The smallest absolute Gasteiger partial charge is 0.0985 e. The average molecular weight is 233 g/mol. The predicted octanol–water partition coefficient (Wildman–Crippen LogP) is 1.51. The molecule has 2 fully saturated rings. The molecule has 0 aromatic rings. The molecule has 94 valence electrons. The molecule has 1 saturated heterocycles. The van der Waals surface area contributed by atoms with Gasteiger partial charge in [0.1, 0.15) is 0 Å². The number of aliphatic imine (C=N–C) groups is 1. The Labute approximate surface area is 106 Å². The first-order valence-electron chi connectivity index (χ1n) is 6.80. The molecular weight excluding hydrogens is 209 g/mol. The van der Waals surface area contributed by atoms with Crippen molar-refractivity contribution in [2.75, 3.05) is 14.1 Å². The van der Waals surface area contributed by atoms with E-state index < -0.39 is 5.44 Å². The maximum atomic E-state index is 6.20. The summed E-state index contributed by atoms with van der Waals surface area (Å²) in [7, 11) is 10.3. The van der Waals surface area contributed by atoms with Crippen molar-refractivity contribution < 1.29 is 0 Å². The zero-order valence-corrected chi connectivity index (χ0v) is 11.2. The van der Waals surface area contributed by atoms with Crippen molar-refractivity contribution in [3.63, 3.8) is 0 Å². The lowest BCUT2D eigenvalue weighted by molar-refractivity contribution is 0.161. The molecule has 2 radical (unpaired) electrons. The average Bonchev–Trinajstić information content (AvgIpc) is 2.25. The zero-order valence-electron chi connectivity index (χ0n) is 11.2. The van der Waals surface area contributed by atoms with Crippen LogP contribution in [0.15, 0.2) is 4.99 Å². The third kappa shape index (κ3) is 2.84. The van der Waals surface area contributed by atoms with Crippen molar-refractivity contribution in [3.8, 4) is 0 Å². The molecule has 3 nitrogen and oxygen atoms in total. The van der Waals surface area contributed by atoms with E-state index in [0.717, 1.165) is 25.7 Å². The fourth-order valence-electron chi connectivity index (χ4n) is 3.53. The van der Waals surface area contributed by atoms with Gasteiger partial charge in [0.05, 0.1) is 13.7 Å². The molecule has 17 heavy (non-hydrogen) atoms. The minimum atomic E-state index is -0.453. The molecule has 4 heteroatoms. The number of amidine groups is 1. The molecule has 0 aromatic heterocycles. The van der Waals surface area contributed by atoms with E-state index in [0.29, 0.717) is 12.0 Å². The number of fused-ring (bicyclic) bond motifs is 1. The number of rotatable bonds is 0. The van der Waals surface area contributed by atoms with Gasteiger partial charge in [0, 0.05) is 26.6 Å². The molecule has 1 saturated carbocycles. The molecule has 3 unspecified atom stereocenters. The lowest BCUT2D eigenvalue weighted by Crippen LogP contribution is -2.52. The predicted molar refractivity (Wildman–Crippen MR) is 73.4 cm³/mol. The lowest BCUT2D eigenvalue weighted by atomic mass is 9.64. The number of likely N-dealkylation sites (tertiary alicyclic amines) is 1. The highest BCUT2D eigenvalue weighted by atomic mass is 15.2. The zero-order chi connectivity index (χ0) is 12.5. The minimum Gasteiger partial charge on any atom is -0.360 e. The van der Waals surface area contributed by atoms with Gasteiger partial charge in [0.15, 0.2) is 0 Å². The van der Waals surface area contributed by atoms with Gasteiger partial charge in [-0.1, -0.05) is 12.8 Å². The van der Waals surface area contributed by atoms with E-state index in [1.807, 2.05) is 7.05 Å². The van der Waals surface area contributed by atoms with Gasteiger partial charge in [-0.2, -0.15) is 0 Å². The van der Waals surface area contributed by atoms with Crippen LogP contribution in [-0.2, 0) is 0 Å². The summed E-state index contributed by atoms with van der Waals surface area (Å²) in [4.78, 5) is 6.76. The highest BCUT2D eigenvalue weighted by Crippen LogP contribution is 2.35. The third-order valence-corrected chi connectivity index (χ3v) is 4.48. The second kappa shape index (κ2) is 5.01. The largest absolute Gasteiger partial charge is 0.360 e. The molecular formula is C13H24BN3. The van der Waals surface area contributed by atoms with Crippen LogP contribution in [-0.4, -0.2) is 44.2 Å². The Hall–Kier alpha value is -0.505. The second-order valence-corrected chi connectivity index (χ2v) is 5.80. The van der Waals surface area contributed by atoms with Gasteiger partial charge >= 0.3 is 0 Å². The Morgan fingerprint density at radius 1 is 1.41 bits per heavy atom. The van der Waals surface area contributed by atoms with E-state index in [4.69, 9.17) is 13.6 Å². The molecule has 1 aliphatic heterocycles. The number of nitrogens with zero attached hydrogens (tertiary/aromatic N) is 2. The highest BCUT2D eigenvalue weighted by Gasteiger charge is 2.36. The first kappa shape index (κ1) is 12.9. The van der Waals surface area contributed by atoms with Crippen molar-refractivity contribution in [1.82, 2.24) is 4.90 Å².